The summed E-state index contributed by atoms with van der Waals surface area (Å²) in [5, 5.41) is 0.839. The number of hydrogen-bond donors (Lipinski definition) is 1. The number of aromatic nitrogens is 1. The number of pyridine rings is 1. The molecule has 18 heavy (non-hydrogen) atoms. The van der Waals surface area contributed by atoms with Gasteiger partial charge in [-0.25, -0.2) is 4.98 Å². The molecule has 2 N–H and O–H groups in total. The van der Waals surface area contributed by atoms with Gasteiger partial charge >= 0.3 is 0 Å². The van der Waals surface area contributed by atoms with Gasteiger partial charge in [-0.15, -0.1) is 11.3 Å². The number of carbonyl (C=O) groups is 1. The van der Waals surface area contributed by atoms with E-state index in [2.05, 4.69) is 4.98 Å². The number of carbonyl (C=O) groups excluding carboxylic acids is 1. The van der Waals surface area contributed by atoms with Gasteiger partial charge in [-0.2, -0.15) is 0 Å². The molecular weight excluding hydrogens is 250 g/mol. The van der Waals surface area contributed by atoms with Gasteiger partial charge in [-0.05, 0) is 12.1 Å². The van der Waals surface area contributed by atoms with E-state index < -0.39 is 0 Å². The number of fused-ring (bicyclic) bond motifs is 1. The summed E-state index contributed by atoms with van der Waals surface area (Å²) in [6.07, 6.45) is 1.70. The first-order valence-corrected chi connectivity index (χ1v) is 6.34. The van der Waals surface area contributed by atoms with Gasteiger partial charge in [0, 0.05) is 32.3 Å². The van der Waals surface area contributed by atoms with Gasteiger partial charge in [0.2, 0.25) is 0 Å². The van der Waals surface area contributed by atoms with Gasteiger partial charge in [-0.3, -0.25) is 4.79 Å². The molecule has 0 aliphatic rings. The van der Waals surface area contributed by atoms with Gasteiger partial charge in [-0.1, -0.05) is 0 Å². The Kier molecular flexibility index (Phi) is 3.78. The topological polar surface area (TPSA) is 68.5 Å². The third kappa shape index (κ3) is 2.30. The zero-order chi connectivity index (χ0) is 13.1. The van der Waals surface area contributed by atoms with E-state index in [9.17, 15) is 4.79 Å². The molecule has 2 aromatic rings. The van der Waals surface area contributed by atoms with Gasteiger partial charge < -0.3 is 15.4 Å². The van der Waals surface area contributed by atoms with Crippen molar-refractivity contribution in [3.63, 3.8) is 0 Å². The zero-order valence-corrected chi connectivity index (χ0v) is 11.2. The molecule has 0 unspecified atom stereocenters. The Morgan fingerprint density at radius 2 is 2.39 bits per heavy atom. The van der Waals surface area contributed by atoms with Crippen LogP contribution in [0.5, 0.6) is 0 Å². The highest BCUT2D eigenvalue weighted by Gasteiger charge is 2.19. The molecule has 0 saturated carbocycles. The lowest BCUT2D eigenvalue weighted by Crippen LogP contribution is -2.29. The summed E-state index contributed by atoms with van der Waals surface area (Å²) in [6.45, 7) is 1.04. The van der Waals surface area contributed by atoms with Crippen LogP contribution in [0.4, 0.5) is 5.69 Å². The van der Waals surface area contributed by atoms with E-state index >= 15 is 0 Å². The number of likely N-dealkylation sites (N-methyl/N-ethyl adjacent to an activating group) is 1. The fraction of sp³-hybridized carbons (Fsp3) is 0.333. The summed E-state index contributed by atoms with van der Waals surface area (Å²) in [4.78, 5) is 19.4. The highest BCUT2D eigenvalue weighted by Crippen LogP contribution is 2.32. The molecule has 96 valence electrons. The van der Waals surface area contributed by atoms with Crippen LogP contribution in [-0.2, 0) is 4.74 Å². The number of amides is 1. The maximum absolute atomic E-state index is 12.2. The molecule has 0 atom stereocenters. The second-order valence-corrected chi connectivity index (χ2v) is 4.92. The number of nitrogen functional groups attached to an aromatic ring is 1. The van der Waals surface area contributed by atoms with E-state index in [1.807, 2.05) is 12.1 Å². The highest BCUT2D eigenvalue weighted by atomic mass is 32.1. The Labute approximate surface area is 109 Å². The van der Waals surface area contributed by atoms with Gasteiger partial charge in [0.25, 0.3) is 5.91 Å². The van der Waals surface area contributed by atoms with Crippen LogP contribution in [0.3, 0.4) is 0 Å². The van der Waals surface area contributed by atoms with Gasteiger partial charge in [0.05, 0.1) is 12.3 Å². The lowest BCUT2D eigenvalue weighted by Gasteiger charge is -2.15. The average molecular weight is 265 g/mol. The van der Waals surface area contributed by atoms with Crippen LogP contribution in [0, 0.1) is 0 Å². The molecule has 0 aromatic carbocycles. The summed E-state index contributed by atoms with van der Waals surface area (Å²) in [7, 11) is 3.34. The van der Waals surface area contributed by atoms with Crippen molar-refractivity contribution >= 4 is 33.1 Å². The summed E-state index contributed by atoms with van der Waals surface area (Å²) in [5.41, 5.74) is 6.51. The van der Waals surface area contributed by atoms with Crippen molar-refractivity contribution in [3.8, 4) is 0 Å². The van der Waals surface area contributed by atoms with E-state index in [0.29, 0.717) is 23.7 Å². The van der Waals surface area contributed by atoms with Crippen molar-refractivity contribution in [2.45, 2.75) is 0 Å². The van der Waals surface area contributed by atoms with E-state index in [1.54, 1.807) is 25.3 Å². The third-order valence-electron chi connectivity index (χ3n) is 2.68. The van der Waals surface area contributed by atoms with Crippen LogP contribution in [0.25, 0.3) is 10.2 Å². The van der Waals surface area contributed by atoms with Crippen molar-refractivity contribution in [3.05, 3.63) is 23.2 Å². The summed E-state index contributed by atoms with van der Waals surface area (Å²) in [6, 6.07) is 3.69. The van der Waals surface area contributed by atoms with E-state index in [0.717, 1.165) is 10.2 Å². The quantitative estimate of drug-likeness (QED) is 0.911. The molecule has 0 aliphatic carbocycles. The molecule has 2 aromatic heterocycles. The van der Waals surface area contributed by atoms with Crippen LogP contribution in [0.1, 0.15) is 9.67 Å². The van der Waals surface area contributed by atoms with Crippen molar-refractivity contribution in [1.29, 1.82) is 0 Å². The zero-order valence-electron chi connectivity index (χ0n) is 10.3. The first kappa shape index (κ1) is 12.8. The largest absolute Gasteiger partial charge is 0.397 e. The van der Waals surface area contributed by atoms with E-state index in [4.69, 9.17) is 10.5 Å². The predicted molar refractivity (Wildman–Crippen MR) is 72.9 cm³/mol. The number of hydrogen-bond acceptors (Lipinski definition) is 5. The van der Waals surface area contributed by atoms with Crippen LogP contribution < -0.4 is 5.73 Å². The molecular formula is C12H15N3O2S. The fourth-order valence-electron chi connectivity index (χ4n) is 1.61. The molecule has 0 bridgehead atoms. The minimum atomic E-state index is -0.0902. The van der Waals surface area contributed by atoms with Crippen molar-refractivity contribution in [2.75, 3.05) is 33.0 Å². The minimum absolute atomic E-state index is 0.0902. The predicted octanol–water partition coefficient (Wildman–Crippen LogP) is 1.60. The molecule has 6 heteroatoms. The third-order valence-corrected chi connectivity index (χ3v) is 3.79. The first-order chi connectivity index (χ1) is 8.65. The molecule has 0 spiro atoms. The number of rotatable bonds is 4. The normalized spacial score (nSPS) is 10.8. The van der Waals surface area contributed by atoms with Crippen LogP contribution >= 0.6 is 11.3 Å². The summed E-state index contributed by atoms with van der Waals surface area (Å²) in [5.74, 6) is -0.0902. The molecule has 0 aliphatic heterocycles. The Morgan fingerprint density at radius 3 is 3.06 bits per heavy atom. The van der Waals surface area contributed by atoms with E-state index in [1.165, 1.54) is 11.3 Å². The Bertz CT molecular complexity index is 567. The first-order valence-electron chi connectivity index (χ1n) is 5.52. The monoisotopic (exact) mass is 265 g/mol. The van der Waals surface area contributed by atoms with Crippen molar-refractivity contribution in [2.24, 2.45) is 0 Å². The van der Waals surface area contributed by atoms with Crippen LogP contribution in [0.2, 0.25) is 0 Å². The second-order valence-electron chi connectivity index (χ2n) is 3.92. The van der Waals surface area contributed by atoms with E-state index in [-0.39, 0.29) is 5.91 Å². The number of nitrogens with two attached hydrogens (primary N) is 1. The van der Waals surface area contributed by atoms with Crippen LogP contribution in [0.15, 0.2) is 18.3 Å². The molecule has 2 heterocycles. The maximum atomic E-state index is 12.2. The van der Waals surface area contributed by atoms with Gasteiger partial charge in [0.1, 0.15) is 9.71 Å². The molecule has 1 amide bonds. The molecule has 0 saturated heterocycles. The Morgan fingerprint density at radius 1 is 1.61 bits per heavy atom. The van der Waals surface area contributed by atoms with Crippen molar-refractivity contribution in [1.82, 2.24) is 9.88 Å². The number of methoxy groups -OCH3 is 1. The lowest BCUT2D eigenvalue weighted by atomic mass is 10.2. The average Bonchev–Trinajstić information content (AvgIpc) is 2.73. The standard InChI is InChI=1S/C12H15N3O2S/c1-15(6-7-17-2)12(16)10-9(13)8-4-3-5-14-11(8)18-10/h3-5H,6-7,13H2,1-2H3. The highest BCUT2D eigenvalue weighted by molar-refractivity contribution is 7.21. The molecule has 2 rings (SSSR count). The summed E-state index contributed by atoms with van der Waals surface area (Å²) < 4.78 is 4.95. The fourth-order valence-corrected chi connectivity index (χ4v) is 2.67. The number of ether oxygens (including phenoxy) is 1. The Balaban J connectivity index is 2.30. The SMILES string of the molecule is COCCN(C)C(=O)c1sc2ncccc2c1N. The number of anilines is 1. The minimum Gasteiger partial charge on any atom is -0.397 e. The second kappa shape index (κ2) is 5.32. The number of nitrogens with zero attached hydrogens (tertiary/aromatic N) is 2. The smallest absolute Gasteiger partial charge is 0.265 e. The lowest BCUT2D eigenvalue weighted by molar-refractivity contribution is 0.0750. The Hall–Kier alpha value is -1.66. The summed E-state index contributed by atoms with van der Waals surface area (Å²) >= 11 is 1.33. The van der Waals surface area contributed by atoms with Gasteiger partial charge in [0.15, 0.2) is 0 Å². The maximum Gasteiger partial charge on any atom is 0.265 e. The van der Waals surface area contributed by atoms with Crippen LogP contribution in [-0.4, -0.2) is 43.1 Å². The molecule has 0 fully saturated rings. The number of thiophene rings is 1. The molecule has 0 radical (unpaired) electrons. The van der Waals surface area contributed by atoms with Crippen molar-refractivity contribution < 1.29 is 9.53 Å². The molecule has 5 nitrogen and oxygen atoms in total.